The summed E-state index contributed by atoms with van der Waals surface area (Å²) in [6.45, 7) is 1.97. The van der Waals surface area contributed by atoms with Gasteiger partial charge in [0.25, 0.3) is 0 Å². The number of rotatable bonds is 3. The van der Waals surface area contributed by atoms with E-state index in [9.17, 15) is 4.79 Å². The van der Waals surface area contributed by atoms with Gasteiger partial charge in [-0.1, -0.05) is 6.07 Å². The number of pyridine rings is 1. The zero-order valence-corrected chi connectivity index (χ0v) is 14.8. The molecule has 1 saturated carbocycles. The summed E-state index contributed by atoms with van der Waals surface area (Å²) in [5.41, 5.74) is 5.52. The second-order valence-electron chi connectivity index (χ2n) is 7.32. The van der Waals surface area contributed by atoms with E-state index in [-0.39, 0.29) is 11.8 Å². The first-order valence-electron chi connectivity index (χ1n) is 9.07. The van der Waals surface area contributed by atoms with Crippen LogP contribution in [0.25, 0.3) is 11.3 Å². The number of hydrogen-bond donors (Lipinski definition) is 0. The normalized spacial score (nSPS) is 16.1. The lowest BCUT2D eigenvalue weighted by molar-refractivity contribution is -0.133. The summed E-state index contributed by atoms with van der Waals surface area (Å²) in [5.74, 6) is 0.510. The number of nitrogens with zero attached hydrogens (tertiary/aromatic N) is 5. The molecule has 0 N–H and O–H groups in total. The molecule has 132 valence electrons. The summed E-state index contributed by atoms with van der Waals surface area (Å²) in [4.78, 5) is 18.9. The number of carbonyl (C=O) groups excluding carboxylic acids is 1. The Balaban J connectivity index is 1.54. The standard InChI is InChI=1S/C20H21N5O/c1-23-8-6-17-18(23)13-24(20(26)15-4-5-15)11-16-12-25(22-19(16)17)10-14-3-2-7-21-9-14/h2-3,6-9,12,15H,4-5,10-11,13H2,1H3. The quantitative estimate of drug-likeness (QED) is 0.732. The molecule has 0 unspecified atom stereocenters. The van der Waals surface area contributed by atoms with Crippen LogP contribution < -0.4 is 0 Å². The summed E-state index contributed by atoms with van der Waals surface area (Å²) in [5, 5.41) is 4.85. The number of hydrogen-bond acceptors (Lipinski definition) is 3. The summed E-state index contributed by atoms with van der Waals surface area (Å²) in [7, 11) is 2.04. The summed E-state index contributed by atoms with van der Waals surface area (Å²) >= 11 is 0. The molecule has 0 bridgehead atoms. The topological polar surface area (TPSA) is 56.0 Å². The maximum atomic E-state index is 12.7. The van der Waals surface area contributed by atoms with E-state index in [0.717, 1.165) is 40.9 Å². The summed E-state index contributed by atoms with van der Waals surface area (Å²) in [6.07, 6.45) is 9.84. The van der Waals surface area contributed by atoms with E-state index < -0.39 is 0 Å². The third kappa shape index (κ3) is 2.62. The molecule has 1 aliphatic carbocycles. The van der Waals surface area contributed by atoms with E-state index in [4.69, 9.17) is 5.10 Å². The predicted octanol–water partition coefficient (Wildman–Crippen LogP) is 2.58. The highest BCUT2D eigenvalue weighted by Gasteiger charge is 2.36. The van der Waals surface area contributed by atoms with Crippen molar-refractivity contribution in [2.75, 3.05) is 0 Å². The van der Waals surface area contributed by atoms with Gasteiger partial charge in [-0.05, 0) is 30.5 Å². The van der Waals surface area contributed by atoms with Crippen LogP contribution >= 0.6 is 0 Å². The molecule has 0 saturated heterocycles. The van der Waals surface area contributed by atoms with Gasteiger partial charge in [-0.15, -0.1) is 0 Å². The number of carbonyl (C=O) groups is 1. The highest BCUT2D eigenvalue weighted by molar-refractivity contribution is 5.82. The Morgan fingerprint density at radius 3 is 2.92 bits per heavy atom. The van der Waals surface area contributed by atoms with Gasteiger partial charge in [0.2, 0.25) is 5.91 Å². The lowest BCUT2D eigenvalue weighted by Crippen LogP contribution is -2.31. The largest absolute Gasteiger partial charge is 0.352 e. The lowest BCUT2D eigenvalue weighted by atomic mass is 10.1. The SMILES string of the molecule is Cn1ccc2c1CN(C(=O)C1CC1)Cc1cn(Cc3cccnc3)nc1-2. The fourth-order valence-corrected chi connectivity index (χ4v) is 3.73. The fourth-order valence-electron chi connectivity index (χ4n) is 3.73. The van der Waals surface area contributed by atoms with Crippen LogP contribution in [-0.2, 0) is 31.5 Å². The van der Waals surface area contributed by atoms with Gasteiger partial charge in [0.1, 0.15) is 0 Å². The number of amides is 1. The lowest BCUT2D eigenvalue weighted by Gasteiger charge is -2.21. The minimum Gasteiger partial charge on any atom is -0.352 e. The molecule has 1 amide bonds. The van der Waals surface area contributed by atoms with Crippen molar-refractivity contribution < 1.29 is 4.79 Å². The molecule has 0 atom stereocenters. The van der Waals surface area contributed by atoms with Crippen LogP contribution in [0.2, 0.25) is 0 Å². The van der Waals surface area contributed by atoms with E-state index in [2.05, 4.69) is 34.1 Å². The monoisotopic (exact) mass is 347 g/mol. The van der Waals surface area contributed by atoms with E-state index >= 15 is 0 Å². The first-order chi connectivity index (χ1) is 12.7. The summed E-state index contributed by atoms with van der Waals surface area (Å²) < 4.78 is 4.07. The molecule has 1 fully saturated rings. The third-order valence-electron chi connectivity index (χ3n) is 5.30. The Morgan fingerprint density at radius 1 is 1.27 bits per heavy atom. The number of aromatic nitrogens is 4. The van der Waals surface area contributed by atoms with Crippen LogP contribution in [0.5, 0.6) is 0 Å². The average Bonchev–Trinajstić information content (AvgIpc) is 3.37. The van der Waals surface area contributed by atoms with Gasteiger partial charge in [-0.25, -0.2) is 0 Å². The van der Waals surface area contributed by atoms with Crippen LogP contribution in [0, 0.1) is 5.92 Å². The van der Waals surface area contributed by atoms with Crippen molar-refractivity contribution in [1.29, 1.82) is 0 Å². The van der Waals surface area contributed by atoms with Crippen molar-refractivity contribution in [3.63, 3.8) is 0 Å². The van der Waals surface area contributed by atoms with E-state index in [1.165, 1.54) is 0 Å². The predicted molar refractivity (Wildman–Crippen MR) is 97.0 cm³/mol. The van der Waals surface area contributed by atoms with Crippen LogP contribution in [0.15, 0.2) is 43.0 Å². The van der Waals surface area contributed by atoms with Crippen LogP contribution in [-0.4, -0.2) is 30.1 Å². The van der Waals surface area contributed by atoms with Crippen LogP contribution in [0.3, 0.4) is 0 Å². The molecule has 0 spiro atoms. The van der Waals surface area contributed by atoms with Crippen molar-refractivity contribution in [3.05, 3.63) is 59.8 Å². The van der Waals surface area contributed by atoms with Gasteiger partial charge in [-0.2, -0.15) is 5.10 Å². The molecule has 0 aromatic carbocycles. The second-order valence-corrected chi connectivity index (χ2v) is 7.32. The van der Waals surface area contributed by atoms with E-state index in [0.29, 0.717) is 19.6 Å². The van der Waals surface area contributed by atoms with Crippen molar-refractivity contribution in [1.82, 2.24) is 24.2 Å². The molecule has 0 radical (unpaired) electrons. The van der Waals surface area contributed by atoms with E-state index in [1.54, 1.807) is 6.20 Å². The molecule has 1 aliphatic heterocycles. The minimum absolute atomic E-state index is 0.228. The Kier molecular flexibility index (Phi) is 3.45. The van der Waals surface area contributed by atoms with E-state index in [1.807, 2.05) is 28.9 Å². The fraction of sp³-hybridized carbons (Fsp3) is 0.350. The average molecular weight is 347 g/mol. The van der Waals surface area contributed by atoms with Crippen LogP contribution in [0.4, 0.5) is 0 Å². The minimum atomic E-state index is 0.228. The molecular formula is C20H21N5O. The molecule has 5 rings (SSSR count). The van der Waals surface area contributed by atoms with Gasteiger partial charge in [0, 0.05) is 61.1 Å². The number of fused-ring (bicyclic) bond motifs is 3. The van der Waals surface area contributed by atoms with Crippen molar-refractivity contribution in [3.8, 4) is 11.3 Å². The molecular weight excluding hydrogens is 326 g/mol. The van der Waals surface area contributed by atoms with Crippen molar-refractivity contribution in [2.24, 2.45) is 13.0 Å². The van der Waals surface area contributed by atoms with Crippen LogP contribution in [0.1, 0.15) is 29.7 Å². The second kappa shape index (κ2) is 5.83. The summed E-state index contributed by atoms with van der Waals surface area (Å²) in [6, 6.07) is 6.10. The molecule has 4 heterocycles. The van der Waals surface area contributed by atoms with Gasteiger partial charge in [-0.3, -0.25) is 14.5 Å². The maximum Gasteiger partial charge on any atom is 0.226 e. The Hall–Kier alpha value is -2.89. The molecule has 6 heteroatoms. The molecule has 2 aliphatic rings. The Labute approximate surface area is 152 Å². The Bertz CT molecular complexity index is 968. The molecule has 3 aromatic rings. The van der Waals surface area contributed by atoms with Crippen molar-refractivity contribution in [2.45, 2.75) is 32.5 Å². The maximum absolute atomic E-state index is 12.7. The smallest absolute Gasteiger partial charge is 0.226 e. The highest BCUT2D eigenvalue weighted by Crippen LogP contribution is 2.36. The Morgan fingerprint density at radius 2 is 2.15 bits per heavy atom. The van der Waals surface area contributed by atoms with Gasteiger partial charge in [0.05, 0.1) is 18.8 Å². The van der Waals surface area contributed by atoms with Gasteiger partial charge < -0.3 is 9.47 Å². The molecule has 3 aromatic heterocycles. The molecule has 26 heavy (non-hydrogen) atoms. The zero-order chi connectivity index (χ0) is 17.7. The first-order valence-corrected chi connectivity index (χ1v) is 9.07. The number of aryl methyl sites for hydroxylation is 1. The van der Waals surface area contributed by atoms with Crippen molar-refractivity contribution >= 4 is 5.91 Å². The van der Waals surface area contributed by atoms with Gasteiger partial charge >= 0.3 is 0 Å². The molecule has 6 nitrogen and oxygen atoms in total. The third-order valence-corrected chi connectivity index (χ3v) is 5.30. The highest BCUT2D eigenvalue weighted by atomic mass is 16.2. The zero-order valence-electron chi connectivity index (χ0n) is 14.8. The van der Waals surface area contributed by atoms with Gasteiger partial charge in [0.15, 0.2) is 0 Å². The first kappa shape index (κ1) is 15.4.